The second kappa shape index (κ2) is 3.90. The molecule has 0 radical (unpaired) electrons. The van der Waals surface area contributed by atoms with Gasteiger partial charge in [0.15, 0.2) is 0 Å². The van der Waals surface area contributed by atoms with Gasteiger partial charge in [0.1, 0.15) is 5.82 Å². The maximum Gasteiger partial charge on any atom is 0.126 e. The fourth-order valence-corrected chi connectivity index (χ4v) is 2.31. The molecule has 1 aliphatic carbocycles. The van der Waals surface area contributed by atoms with E-state index in [0.29, 0.717) is 11.8 Å². The lowest BCUT2D eigenvalue weighted by Gasteiger charge is -2.13. The lowest BCUT2D eigenvalue weighted by Crippen LogP contribution is -2.03. The van der Waals surface area contributed by atoms with E-state index in [2.05, 4.69) is 0 Å². The molecule has 0 saturated heterocycles. The van der Waals surface area contributed by atoms with Crippen molar-refractivity contribution in [1.29, 1.82) is 0 Å². The quantitative estimate of drug-likeness (QED) is 0.668. The van der Waals surface area contributed by atoms with Crippen molar-refractivity contribution >= 4 is 11.6 Å². The summed E-state index contributed by atoms with van der Waals surface area (Å²) < 4.78 is 13.0. The molecule has 1 unspecified atom stereocenters. The van der Waals surface area contributed by atoms with Crippen LogP contribution in [0.2, 0.25) is 0 Å². The van der Waals surface area contributed by atoms with Crippen molar-refractivity contribution < 1.29 is 4.39 Å². The molecule has 1 aromatic carbocycles. The molecule has 0 amide bonds. The zero-order valence-corrected chi connectivity index (χ0v) is 9.02. The van der Waals surface area contributed by atoms with Gasteiger partial charge in [0.05, 0.1) is 0 Å². The molecule has 0 nitrogen and oxygen atoms in total. The normalized spacial score (nSPS) is 18.2. The fraction of sp³-hybridized carbons (Fsp3) is 0.500. The van der Waals surface area contributed by atoms with Gasteiger partial charge in [-0.25, -0.2) is 4.39 Å². The van der Waals surface area contributed by atoms with Crippen LogP contribution in [0.3, 0.4) is 0 Å². The van der Waals surface area contributed by atoms with Crippen molar-refractivity contribution in [3.63, 3.8) is 0 Å². The van der Waals surface area contributed by atoms with Gasteiger partial charge in [0.2, 0.25) is 0 Å². The first-order chi connectivity index (χ1) is 6.72. The topological polar surface area (TPSA) is 0 Å². The Morgan fingerprint density at radius 2 is 2.21 bits per heavy atom. The molecule has 0 aromatic heterocycles. The molecule has 0 N–H and O–H groups in total. The third kappa shape index (κ3) is 1.93. The number of alkyl halides is 1. The molecule has 76 valence electrons. The number of hydrogen-bond acceptors (Lipinski definition) is 0. The minimum absolute atomic E-state index is 0.127. The third-order valence-corrected chi connectivity index (χ3v) is 3.30. The molecule has 0 aliphatic heterocycles. The van der Waals surface area contributed by atoms with Gasteiger partial charge in [-0.1, -0.05) is 12.1 Å². The average molecular weight is 213 g/mol. The predicted octanol–water partition coefficient (Wildman–Crippen LogP) is 3.87. The summed E-state index contributed by atoms with van der Waals surface area (Å²) in [5.74, 6) is 1.68. The van der Waals surface area contributed by atoms with E-state index in [1.54, 1.807) is 13.0 Å². The maximum absolute atomic E-state index is 13.0. The Balaban J connectivity index is 2.25. The van der Waals surface area contributed by atoms with Crippen LogP contribution in [-0.2, 0) is 0 Å². The number of halogens is 2. The van der Waals surface area contributed by atoms with Gasteiger partial charge in [-0.2, -0.15) is 0 Å². The van der Waals surface area contributed by atoms with E-state index in [-0.39, 0.29) is 5.82 Å². The minimum atomic E-state index is -0.127. The van der Waals surface area contributed by atoms with Crippen LogP contribution in [0.1, 0.15) is 29.9 Å². The molecule has 1 saturated carbocycles. The third-order valence-electron chi connectivity index (χ3n) is 2.97. The van der Waals surface area contributed by atoms with Gasteiger partial charge in [0.25, 0.3) is 0 Å². The molecule has 14 heavy (non-hydrogen) atoms. The van der Waals surface area contributed by atoms with E-state index < -0.39 is 0 Å². The maximum atomic E-state index is 13.0. The van der Waals surface area contributed by atoms with Crippen LogP contribution in [-0.4, -0.2) is 5.88 Å². The highest BCUT2D eigenvalue weighted by Crippen LogP contribution is 2.43. The van der Waals surface area contributed by atoms with Crippen molar-refractivity contribution in [1.82, 2.24) is 0 Å². The summed E-state index contributed by atoms with van der Waals surface area (Å²) in [4.78, 5) is 0. The lowest BCUT2D eigenvalue weighted by molar-refractivity contribution is 0.612. The van der Waals surface area contributed by atoms with E-state index >= 15 is 0 Å². The molecule has 1 aliphatic rings. The average Bonchev–Trinajstić information content (AvgIpc) is 2.96. The Morgan fingerprint density at radius 3 is 2.71 bits per heavy atom. The van der Waals surface area contributed by atoms with Gasteiger partial charge >= 0.3 is 0 Å². The fourth-order valence-electron chi connectivity index (χ4n) is 1.88. The van der Waals surface area contributed by atoms with Crippen molar-refractivity contribution in [2.75, 3.05) is 5.88 Å². The van der Waals surface area contributed by atoms with Crippen LogP contribution in [0.5, 0.6) is 0 Å². The highest BCUT2D eigenvalue weighted by molar-refractivity contribution is 6.18. The van der Waals surface area contributed by atoms with Crippen LogP contribution in [0.15, 0.2) is 18.2 Å². The van der Waals surface area contributed by atoms with Gasteiger partial charge in [0, 0.05) is 11.8 Å². The van der Waals surface area contributed by atoms with Gasteiger partial charge < -0.3 is 0 Å². The summed E-state index contributed by atoms with van der Waals surface area (Å²) in [7, 11) is 0. The smallest absolute Gasteiger partial charge is 0.126 e. The van der Waals surface area contributed by atoms with Crippen LogP contribution < -0.4 is 0 Å². The molecular formula is C12H14ClF. The largest absolute Gasteiger partial charge is 0.207 e. The zero-order valence-electron chi connectivity index (χ0n) is 8.26. The number of benzene rings is 1. The first-order valence-corrected chi connectivity index (χ1v) is 5.58. The highest BCUT2D eigenvalue weighted by atomic mass is 35.5. The number of rotatable bonds is 3. The van der Waals surface area contributed by atoms with Gasteiger partial charge in [-0.15, -0.1) is 11.6 Å². The van der Waals surface area contributed by atoms with Crippen molar-refractivity contribution in [3.8, 4) is 0 Å². The van der Waals surface area contributed by atoms with Crippen molar-refractivity contribution in [2.45, 2.75) is 25.7 Å². The monoisotopic (exact) mass is 212 g/mol. The number of hydrogen-bond donors (Lipinski definition) is 0. The Kier molecular flexibility index (Phi) is 2.78. The summed E-state index contributed by atoms with van der Waals surface area (Å²) in [5, 5.41) is 0. The standard InChI is InChI=1S/C12H14ClF/c1-8-6-10(4-5-12(8)14)11(7-13)9-2-3-9/h4-6,9,11H,2-3,7H2,1H3. The van der Waals surface area contributed by atoms with Gasteiger partial charge in [-0.3, -0.25) is 0 Å². The summed E-state index contributed by atoms with van der Waals surface area (Å²) in [6.07, 6.45) is 2.54. The Hall–Kier alpha value is -0.560. The van der Waals surface area contributed by atoms with E-state index in [1.807, 2.05) is 12.1 Å². The minimum Gasteiger partial charge on any atom is -0.207 e. The second-order valence-corrected chi connectivity index (χ2v) is 4.42. The van der Waals surface area contributed by atoms with Crippen LogP contribution >= 0.6 is 11.6 Å². The van der Waals surface area contributed by atoms with Gasteiger partial charge in [-0.05, 0) is 42.9 Å². The van der Waals surface area contributed by atoms with Crippen LogP contribution in [0.4, 0.5) is 4.39 Å². The molecular weight excluding hydrogens is 199 g/mol. The second-order valence-electron chi connectivity index (χ2n) is 4.11. The molecule has 1 atom stereocenters. The highest BCUT2D eigenvalue weighted by Gasteiger charge is 2.31. The molecule has 0 heterocycles. The molecule has 0 bridgehead atoms. The first kappa shape index (κ1) is 9.97. The van der Waals surface area contributed by atoms with E-state index in [4.69, 9.17) is 11.6 Å². The summed E-state index contributed by atoms with van der Waals surface area (Å²) in [6, 6.07) is 5.35. The number of aryl methyl sites for hydroxylation is 1. The molecule has 2 heteroatoms. The summed E-state index contributed by atoms with van der Waals surface area (Å²) in [6.45, 7) is 1.80. The molecule has 1 fully saturated rings. The lowest BCUT2D eigenvalue weighted by atomic mass is 9.95. The molecule has 0 spiro atoms. The van der Waals surface area contributed by atoms with E-state index in [9.17, 15) is 4.39 Å². The Labute approximate surface area is 89.1 Å². The predicted molar refractivity (Wildman–Crippen MR) is 57.3 cm³/mol. The SMILES string of the molecule is Cc1cc(C(CCl)C2CC2)ccc1F. The first-order valence-electron chi connectivity index (χ1n) is 5.04. The zero-order chi connectivity index (χ0) is 10.1. The van der Waals surface area contributed by atoms with E-state index in [0.717, 1.165) is 11.5 Å². The molecule has 2 rings (SSSR count). The summed E-state index contributed by atoms with van der Waals surface area (Å²) >= 11 is 5.94. The van der Waals surface area contributed by atoms with Crippen molar-refractivity contribution in [3.05, 3.63) is 35.1 Å². The Morgan fingerprint density at radius 1 is 1.50 bits per heavy atom. The molecule has 1 aromatic rings. The Bertz CT molecular complexity index is 331. The van der Waals surface area contributed by atoms with Crippen molar-refractivity contribution in [2.24, 2.45) is 5.92 Å². The van der Waals surface area contributed by atoms with E-state index in [1.165, 1.54) is 18.4 Å². The summed E-state index contributed by atoms with van der Waals surface area (Å²) in [5.41, 5.74) is 1.92. The van der Waals surface area contributed by atoms with Crippen LogP contribution in [0.25, 0.3) is 0 Å². The van der Waals surface area contributed by atoms with Crippen LogP contribution in [0, 0.1) is 18.7 Å².